The second kappa shape index (κ2) is 9.62. The van der Waals surface area contributed by atoms with E-state index >= 15 is 0 Å². The van der Waals surface area contributed by atoms with Crippen molar-refractivity contribution in [2.45, 2.75) is 19.1 Å². The van der Waals surface area contributed by atoms with Crippen LogP contribution in [0, 0.1) is 5.82 Å². The lowest BCUT2D eigenvalue weighted by Crippen LogP contribution is -2.40. The first-order valence-corrected chi connectivity index (χ1v) is 10.3. The van der Waals surface area contributed by atoms with E-state index in [9.17, 15) is 9.18 Å². The van der Waals surface area contributed by atoms with Crippen molar-refractivity contribution < 1.29 is 18.7 Å². The van der Waals surface area contributed by atoms with Crippen LogP contribution in [-0.2, 0) is 9.53 Å². The summed E-state index contributed by atoms with van der Waals surface area (Å²) in [7, 11) is 1.48. The van der Waals surface area contributed by atoms with Crippen LogP contribution in [0.4, 0.5) is 4.39 Å². The number of ether oxygens (including phenoxy) is 2. The van der Waals surface area contributed by atoms with Crippen LogP contribution >= 0.6 is 0 Å². The molecule has 7 heteroatoms. The molecule has 2 unspecified atom stereocenters. The van der Waals surface area contributed by atoms with Crippen molar-refractivity contribution in [3.63, 3.8) is 0 Å². The van der Waals surface area contributed by atoms with Gasteiger partial charge in [-0.2, -0.15) is 5.10 Å². The van der Waals surface area contributed by atoms with Crippen LogP contribution in [-0.4, -0.2) is 35.4 Å². The topological polar surface area (TPSA) is 65.4 Å². The highest BCUT2D eigenvalue weighted by Gasteiger charge is 2.23. The summed E-state index contributed by atoms with van der Waals surface area (Å²) in [5, 5.41) is 8.25. The smallest absolute Gasteiger partial charge is 0.246 e. The summed E-state index contributed by atoms with van der Waals surface area (Å²) in [6.07, 6.45) is 1.34. The zero-order valence-corrected chi connectivity index (χ0v) is 17.9. The van der Waals surface area contributed by atoms with Gasteiger partial charge in [-0.1, -0.05) is 30.3 Å². The average molecular weight is 433 g/mol. The molecule has 0 bridgehead atoms. The van der Waals surface area contributed by atoms with Crippen LogP contribution in [0.15, 0.2) is 79.0 Å². The number of rotatable bonds is 8. The minimum Gasteiger partial charge on any atom is -0.484 e. The van der Waals surface area contributed by atoms with Crippen molar-refractivity contribution in [2.24, 2.45) is 0 Å². The highest BCUT2D eigenvalue weighted by molar-refractivity contribution is 5.81. The molecule has 1 aromatic heterocycles. The molecule has 2 atom stereocenters. The average Bonchev–Trinajstić information content (AvgIpc) is 3.22. The molecule has 3 aromatic carbocycles. The van der Waals surface area contributed by atoms with Gasteiger partial charge >= 0.3 is 0 Å². The molecule has 0 saturated heterocycles. The van der Waals surface area contributed by atoms with E-state index in [1.54, 1.807) is 23.0 Å². The number of halogens is 1. The van der Waals surface area contributed by atoms with E-state index in [-0.39, 0.29) is 24.4 Å². The second-order valence-corrected chi connectivity index (χ2v) is 7.49. The van der Waals surface area contributed by atoms with Crippen LogP contribution in [0.3, 0.4) is 0 Å². The third-order valence-corrected chi connectivity index (χ3v) is 5.12. The lowest BCUT2D eigenvalue weighted by molar-refractivity contribution is -0.126. The Hall–Kier alpha value is -3.71. The fraction of sp³-hybridized carbons (Fsp3) is 0.200. The number of methoxy groups -OCH3 is 1. The molecular weight excluding hydrogens is 409 g/mol. The van der Waals surface area contributed by atoms with Gasteiger partial charge in [0.2, 0.25) is 5.91 Å². The summed E-state index contributed by atoms with van der Waals surface area (Å²) in [5.41, 5.74) is 2.59. The van der Waals surface area contributed by atoms with Gasteiger partial charge in [-0.3, -0.25) is 4.79 Å². The fourth-order valence-electron chi connectivity index (χ4n) is 3.62. The molecule has 0 radical (unpaired) electrons. The van der Waals surface area contributed by atoms with Gasteiger partial charge in [-0.05, 0) is 55.0 Å². The van der Waals surface area contributed by atoms with Crippen molar-refractivity contribution in [3.05, 3.63) is 90.4 Å². The Morgan fingerprint density at radius 3 is 2.56 bits per heavy atom. The minimum atomic E-state index is -0.401. The molecule has 0 saturated carbocycles. The first-order chi connectivity index (χ1) is 15.5. The first-order valence-electron chi connectivity index (χ1n) is 10.3. The van der Waals surface area contributed by atoms with E-state index in [4.69, 9.17) is 9.47 Å². The van der Waals surface area contributed by atoms with Gasteiger partial charge in [0.05, 0.1) is 23.4 Å². The Labute approximate surface area is 185 Å². The number of benzene rings is 3. The van der Waals surface area contributed by atoms with Gasteiger partial charge in [0, 0.05) is 12.5 Å². The van der Waals surface area contributed by atoms with Crippen molar-refractivity contribution >= 4 is 16.8 Å². The number of carbonyl (C=O) groups is 1. The quantitative estimate of drug-likeness (QED) is 0.446. The highest BCUT2D eigenvalue weighted by Crippen LogP contribution is 2.29. The van der Waals surface area contributed by atoms with E-state index < -0.39 is 6.10 Å². The normalized spacial score (nSPS) is 13.0. The predicted molar refractivity (Wildman–Crippen MR) is 120 cm³/mol. The van der Waals surface area contributed by atoms with Gasteiger partial charge in [0.15, 0.2) is 0 Å². The zero-order chi connectivity index (χ0) is 22.5. The van der Waals surface area contributed by atoms with Crippen LogP contribution in [0.2, 0.25) is 0 Å². The fourth-order valence-corrected chi connectivity index (χ4v) is 3.62. The second-order valence-electron chi connectivity index (χ2n) is 7.49. The Morgan fingerprint density at radius 1 is 1.09 bits per heavy atom. The number of nitrogens with zero attached hydrogens (tertiary/aromatic N) is 2. The number of aromatic nitrogens is 2. The molecule has 0 aliphatic heterocycles. The van der Waals surface area contributed by atoms with Crippen molar-refractivity contribution in [1.82, 2.24) is 15.1 Å². The van der Waals surface area contributed by atoms with Gasteiger partial charge in [-0.25, -0.2) is 9.07 Å². The molecule has 1 heterocycles. The largest absolute Gasteiger partial charge is 0.484 e. The van der Waals surface area contributed by atoms with Gasteiger partial charge in [0.1, 0.15) is 24.3 Å². The van der Waals surface area contributed by atoms with Crippen molar-refractivity contribution in [3.8, 4) is 11.4 Å². The maximum Gasteiger partial charge on any atom is 0.246 e. The molecule has 4 rings (SSSR count). The molecule has 32 heavy (non-hydrogen) atoms. The summed E-state index contributed by atoms with van der Waals surface area (Å²) in [6.45, 7) is 1.89. The van der Waals surface area contributed by atoms with E-state index in [1.807, 2.05) is 55.5 Å². The number of hydrogen-bond acceptors (Lipinski definition) is 4. The Balaban J connectivity index is 1.61. The Morgan fingerprint density at radius 2 is 1.84 bits per heavy atom. The molecule has 6 nitrogen and oxygen atoms in total. The molecule has 1 N–H and O–H groups in total. The van der Waals surface area contributed by atoms with Gasteiger partial charge in [0.25, 0.3) is 0 Å². The summed E-state index contributed by atoms with van der Waals surface area (Å²) in [4.78, 5) is 12.0. The number of hydrogen-bond donors (Lipinski definition) is 1. The van der Waals surface area contributed by atoms with Crippen LogP contribution < -0.4 is 10.1 Å². The summed E-state index contributed by atoms with van der Waals surface area (Å²) >= 11 is 0. The molecule has 0 fully saturated rings. The summed E-state index contributed by atoms with van der Waals surface area (Å²) < 4.78 is 26.3. The number of fused-ring (bicyclic) bond motifs is 1. The monoisotopic (exact) mass is 433 g/mol. The maximum atomic E-state index is 13.3. The molecule has 0 aliphatic rings. The third kappa shape index (κ3) is 4.78. The van der Waals surface area contributed by atoms with E-state index in [0.29, 0.717) is 5.75 Å². The number of carbonyl (C=O) groups excluding carboxylic acids is 1. The lowest BCUT2D eigenvalue weighted by Gasteiger charge is -2.26. The van der Waals surface area contributed by atoms with Crippen molar-refractivity contribution in [1.29, 1.82) is 0 Å². The molecule has 0 spiro atoms. The minimum absolute atomic E-state index is 0.0135. The summed E-state index contributed by atoms with van der Waals surface area (Å²) in [6, 6.07) is 21.3. The van der Waals surface area contributed by atoms with Crippen LogP contribution in [0.5, 0.6) is 5.75 Å². The zero-order valence-electron chi connectivity index (χ0n) is 17.9. The highest BCUT2D eigenvalue weighted by atomic mass is 19.1. The summed E-state index contributed by atoms with van der Waals surface area (Å²) in [5.74, 6) is 0.151. The standard InChI is InChI=1S/C25H24FN3O3/c1-17(28-24(30)16-31-2)25(18-6-4-3-5-7-18)32-22-12-13-23-19(14-22)15-27-29(23)21-10-8-20(26)9-11-21/h3-15,17,25H,16H2,1-2H3,(H,28,30). The van der Waals surface area contributed by atoms with Crippen molar-refractivity contribution in [2.75, 3.05) is 13.7 Å². The van der Waals surface area contributed by atoms with E-state index in [0.717, 1.165) is 22.2 Å². The Kier molecular flexibility index (Phi) is 6.47. The number of amides is 1. The van der Waals surface area contributed by atoms with E-state index in [1.165, 1.54) is 19.2 Å². The molecule has 164 valence electrons. The third-order valence-electron chi connectivity index (χ3n) is 5.12. The lowest BCUT2D eigenvalue weighted by atomic mass is 10.0. The molecular formula is C25H24FN3O3. The van der Waals surface area contributed by atoms with Crippen LogP contribution in [0.1, 0.15) is 18.6 Å². The van der Waals surface area contributed by atoms with Gasteiger partial charge < -0.3 is 14.8 Å². The molecule has 1 amide bonds. The number of nitrogens with one attached hydrogen (secondary N) is 1. The van der Waals surface area contributed by atoms with E-state index in [2.05, 4.69) is 10.4 Å². The molecule has 4 aromatic rings. The first kappa shape index (κ1) is 21.5. The van der Waals surface area contributed by atoms with Gasteiger partial charge in [-0.15, -0.1) is 0 Å². The van der Waals surface area contributed by atoms with Crippen LogP contribution in [0.25, 0.3) is 16.6 Å². The predicted octanol–water partition coefficient (Wildman–Crippen LogP) is 4.44. The SMILES string of the molecule is COCC(=O)NC(C)C(Oc1ccc2c(cnn2-c2ccc(F)cc2)c1)c1ccccc1. The molecule has 0 aliphatic carbocycles. The Bertz CT molecular complexity index is 1190. The maximum absolute atomic E-state index is 13.3.